The SMILES string of the molecule is CC/C=C\C/C=C\C/C=C\C/C=C\C/C=C\C/C=C\C/C=C\C/C=C\C/C=C\C/C=C\C/C=C\C/C=C\CCCCCCC(=O)OC(CO)COC(=O)CCCCCCCCCCCCCCCCCCC/C=C\C/C=C\CCCCCCC. The van der Waals surface area contributed by atoms with Gasteiger partial charge in [-0.15, -0.1) is 0 Å². The summed E-state index contributed by atoms with van der Waals surface area (Å²) in [6.07, 6.45) is 112. The van der Waals surface area contributed by atoms with Crippen molar-refractivity contribution in [2.45, 2.75) is 302 Å². The van der Waals surface area contributed by atoms with E-state index in [1.54, 1.807) is 0 Å². The highest BCUT2D eigenvalue weighted by Crippen LogP contribution is 2.16. The third-order valence-corrected chi connectivity index (χ3v) is 14.5. The zero-order valence-electron chi connectivity index (χ0n) is 54.4. The molecular formula is C79H128O5. The van der Waals surface area contributed by atoms with Gasteiger partial charge in [0.1, 0.15) is 6.61 Å². The van der Waals surface area contributed by atoms with Gasteiger partial charge in [-0.3, -0.25) is 9.59 Å². The fourth-order valence-electron chi connectivity index (χ4n) is 9.33. The van der Waals surface area contributed by atoms with Crippen molar-refractivity contribution < 1.29 is 24.2 Å². The van der Waals surface area contributed by atoms with E-state index in [-0.39, 0.29) is 25.2 Å². The van der Waals surface area contributed by atoms with Crippen LogP contribution in [0, 0.1) is 0 Å². The van der Waals surface area contributed by atoms with Crippen LogP contribution in [0.2, 0.25) is 0 Å². The molecule has 1 atom stereocenters. The van der Waals surface area contributed by atoms with Crippen LogP contribution in [-0.4, -0.2) is 36.4 Å². The number of hydrogen-bond donors (Lipinski definition) is 1. The van der Waals surface area contributed by atoms with Crippen LogP contribution in [0.4, 0.5) is 0 Å². The fourth-order valence-corrected chi connectivity index (χ4v) is 9.33. The predicted molar refractivity (Wildman–Crippen MR) is 370 cm³/mol. The second-order valence-electron chi connectivity index (χ2n) is 22.5. The summed E-state index contributed by atoms with van der Waals surface area (Å²) in [7, 11) is 0. The van der Waals surface area contributed by atoms with Crippen LogP contribution in [-0.2, 0) is 19.1 Å². The van der Waals surface area contributed by atoms with Gasteiger partial charge in [0.05, 0.1) is 6.61 Å². The molecule has 0 amide bonds. The van der Waals surface area contributed by atoms with Gasteiger partial charge in [-0.1, -0.05) is 319 Å². The van der Waals surface area contributed by atoms with Crippen LogP contribution in [0.25, 0.3) is 0 Å². The molecule has 0 aliphatic carbocycles. The Bertz CT molecular complexity index is 1840. The van der Waals surface area contributed by atoms with Gasteiger partial charge in [-0.2, -0.15) is 0 Å². The lowest BCUT2D eigenvalue weighted by Gasteiger charge is -2.15. The Balaban J connectivity index is 3.61. The maximum absolute atomic E-state index is 12.4. The number of aliphatic hydroxyl groups is 1. The van der Waals surface area contributed by atoms with Gasteiger partial charge in [0.15, 0.2) is 6.10 Å². The highest BCUT2D eigenvalue weighted by Gasteiger charge is 2.16. The molecule has 0 saturated heterocycles. The molecule has 0 fully saturated rings. The lowest BCUT2D eigenvalue weighted by molar-refractivity contribution is -0.161. The minimum absolute atomic E-state index is 0.0843. The normalized spacial score (nSPS) is 13.3. The van der Waals surface area contributed by atoms with E-state index >= 15 is 0 Å². The first-order valence-electron chi connectivity index (χ1n) is 34.7. The standard InChI is InChI=1S/C79H128O5/c1-3-5-7-9-11-13-15-17-19-21-23-25-27-29-31-33-34-35-36-37-38-39-40-41-42-43-44-46-48-50-52-54-56-58-60-62-64-66-68-70-72-74-79(82)84-77(75-80)76-83-78(81)73-71-69-67-65-63-61-59-57-55-53-51-49-47-45-32-30-28-26-24-22-20-18-16-14-12-10-8-6-4-2/h5,7,11,13,16-19,22-25,29,31,34-35,37-38,40-41,43-44,48,50,54,56,60,62,77,80H,3-4,6,8-10,12,14-15,20-21,26-28,30,32-33,36,39,42,45-47,49,51-53,55,57-59,61,63-76H2,1-2H3/b7-5-,13-11-,18-16-,19-17-,24-22-,25-23-,31-29-,35-34-,38-37-,41-40-,44-43-,50-48-,56-54-,62-60-. The van der Waals surface area contributed by atoms with E-state index in [1.165, 1.54) is 135 Å². The Morgan fingerprint density at radius 3 is 0.774 bits per heavy atom. The highest BCUT2D eigenvalue weighted by atomic mass is 16.6. The summed E-state index contributed by atoms with van der Waals surface area (Å²) in [5.41, 5.74) is 0. The maximum atomic E-state index is 12.4. The Morgan fingerprint density at radius 1 is 0.286 bits per heavy atom. The molecule has 474 valence electrons. The molecule has 0 aliphatic heterocycles. The monoisotopic (exact) mass is 1160 g/mol. The number of allylic oxidation sites excluding steroid dienone is 28. The number of hydrogen-bond acceptors (Lipinski definition) is 5. The van der Waals surface area contributed by atoms with E-state index in [1.807, 2.05) is 0 Å². The Hall–Kier alpha value is -4.74. The summed E-state index contributed by atoms with van der Waals surface area (Å²) in [6.45, 7) is 4.01. The van der Waals surface area contributed by atoms with Crippen LogP contribution in [0.15, 0.2) is 170 Å². The Labute approximate surface area is 519 Å². The van der Waals surface area contributed by atoms with E-state index in [4.69, 9.17) is 9.47 Å². The van der Waals surface area contributed by atoms with Gasteiger partial charge >= 0.3 is 11.9 Å². The molecule has 0 aromatic rings. The zero-order valence-corrected chi connectivity index (χ0v) is 54.4. The van der Waals surface area contributed by atoms with Crippen molar-refractivity contribution in [1.82, 2.24) is 0 Å². The lowest BCUT2D eigenvalue weighted by Crippen LogP contribution is -2.28. The van der Waals surface area contributed by atoms with Crippen molar-refractivity contribution in [3.8, 4) is 0 Å². The first-order valence-corrected chi connectivity index (χ1v) is 34.7. The smallest absolute Gasteiger partial charge is 0.306 e. The van der Waals surface area contributed by atoms with Gasteiger partial charge in [-0.05, 0) is 135 Å². The topological polar surface area (TPSA) is 72.8 Å². The summed E-state index contributed by atoms with van der Waals surface area (Å²) in [5, 5.41) is 9.69. The number of aliphatic hydroxyl groups excluding tert-OH is 1. The number of unbranched alkanes of at least 4 members (excludes halogenated alkanes) is 26. The maximum Gasteiger partial charge on any atom is 0.306 e. The van der Waals surface area contributed by atoms with E-state index < -0.39 is 6.10 Å². The highest BCUT2D eigenvalue weighted by molar-refractivity contribution is 5.70. The van der Waals surface area contributed by atoms with Gasteiger partial charge in [0.25, 0.3) is 0 Å². The molecule has 0 aliphatic rings. The quantitative estimate of drug-likeness (QED) is 0.0373. The molecule has 1 unspecified atom stereocenters. The number of ether oxygens (including phenoxy) is 2. The number of carbonyl (C=O) groups is 2. The van der Waals surface area contributed by atoms with E-state index in [9.17, 15) is 14.7 Å². The Kier molecular flexibility index (Phi) is 68.4. The zero-order chi connectivity index (χ0) is 60.5. The molecule has 0 bridgehead atoms. The van der Waals surface area contributed by atoms with Crippen molar-refractivity contribution in [3.05, 3.63) is 170 Å². The van der Waals surface area contributed by atoms with Crippen LogP contribution in [0.3, 0.4) is 0 Å². The largest absolute Gasteiger partial charge is 0.462 e. The summed E-state index contributed by atoms with van der Waals surface area (Å²) in [5.74, 6) is -0.623. The van der Waals surface area contributed by atoms with Crippen molar-refractivity contribution in [2.24, 2.45) is 0 Å². The van der Waals surface area contributed by atoms with Gasteiger partial charge in [0, 0.05) is 12.8 Å². The molecule has 0 aromatic carbocycles. The van der Waals surface area contributed by atoms with Crippen LogP contribution < -0.4 is 0 Å². The number of rotatable bonds is 62. The minimum atomic E-state index is -0.799. The molecule has 0 aromatic heterocycles. The molecule has 0 rings (SSSR count). The fraction of sp³-hybridized carbons (Fsp3) is 0.620. The van der Waals surface area contributed by atoms with Gasteiger partial charge in [0.2, 0.25) is 0 Å². The molecule has 1 N–H and O–H groups in total. The van der Waals surface area contributed by atoms with Crippen LogP contribution in [0.1, 0.15) is 296 Å². The molecule has 0 heterocycles. The van der Waals surface area contributed by atoms with Crippen LogP contribution in [0.5, 0.6) is 0 Å². The molecule has 5 nitrogen and oxygen atoms in total. The van der Waals surface area contributed by atoms with E-state index in [0.717, 1.165) is 135 Å². The molecule has 0 radical (unpaired) electrons. The molecule has 0 spiro atoms. The Morgan fingerprint density at radius 2 is 0.512 bits per heavy atom. The van der Waals surface area contributed by atoms with Crippen molar-refractivity contribution in [2.75, 3.05) is 13.2 Å². The first-order chi connectivity index (χ1) is 41.6. The summed E-state index contributed by atoms with van der Waals surface area (Å²) in [4.78, 5) is 24.6. The average molecular weight is 1160 g/mol. The number of esters is 2. The van der Waals surface area contributed by atoms with Crippen molar-refractivity contribution in [1.29, 1.82) is 0 Å². The summed E-state index contributed by atoms with van der Waals surface area (Å²) in [6, 6.07) is 0. The average Bonchev–Trinajstić information content (AvgIpc) is 3.51. The van der Waals surface area contributed by atoms with E-state index in [2.05, 4.69) is 184 Å². The predicted octanol–water partition coefficient (Wildman–Crippen LogP) is 24.4. The molecule has 0 saturated carbocycles. The van der Waals surface area contributed by atoms with Gasteiger partial charge in [-0.25, -0.2) is 0 Å². The van der Waals surface area contributed by atoms with E-state index in [0.29, 0.717) is 12.8 Å². The van der Waals surface area contributed by atoms with Crippen molar-refractivity contribution in [3.63, 3.8) is 0 Å². The van der Waals surface area contributed by atoms with Gasteiger partial charge < -0.3 is 14.6 Å². The summed E-state index contributed by atoms with van der Waals surface area (Å²) < 4.78 is 10.7. The van der Waals surface area contributed by atoms with Crippen molar-refractivity contribution >= 4 is 11.9 Å². The minimum Gasteiger partial charge on any atom is -0.462 e. The summed E-state index contributed by atoms with van der Waals surface area (Å²) >= 11 is 0. The second-order valence-corrected chi connectivity index (χ2v) is 22.5. The second kappa shape index (κ2) is 72.5. The lowest BCUT2D eigenvalue weighted by atomic mass is 10.0. The first kappa shape index (κ1) is 79.3. The molecular weight excluding hydrogens is 1030 g/mol. The number of carbonyl (C=O) groups excluding carboxylic acids is 2. The van der Waals surface area contributed by atoms with Crippen LogP contribution >= 0.6 is 0 Å². The third kappa shape index (κ3) is 69.8. The molecule has 5 heteroatoms. The molecule has 84 heavy (non-hydrogen) atoms. The third-order valence-electron chi connectivity index (χ3n) is 14.5.